The fourth-order valence-corrected chi connectivity index (χ4v) is 3.24. The Morgan fingerprint density at radius 3 is 2.62 bits per heavy atom. The van der Waals surface area contributed by atoms with Crippen LogP contribution in [0.1, 0.15) is 6.92 Å². The molecule has 4 rings (SSSR count). The second-order valence-corrected chi connectivity index (χ2v) is 6.53. The molecule has 0 spiro atoms. The molecule has 0 radical (unpaired) electrons. The summed E-state index contributed by atoms with van der Waals surface area (Å²) in [5, 5.41) is 12.2. The molecule has 1 atom stereocenters. The summed E-state index contributed by atoms with van der Waals surface area (Å²) in [5.74, 6) is 0.681. The molecule has 0 unspecified atom stereocenters. The normalized spacial score (nSPS) is 12.1. The zero-order valence-corrected chi connectivity index (χ0v) is 16.2. The second kappa shape index (κ2) is 7.31. The maximum Gasteiger partial charge on any atom is 0.325 e. The standard InChI is InChI=1S/C21H20N4O4/c1-12(21(26)27)23-19-20-22-11-16(13-8-9-17(28-2)18(10-13)29-3)25(20)15-7-5-4-6-14(15)24-19/h4-12H,1-3H3,(H,23,24)(H,26,27)/t12-/m0/s1. The maximum atomic E-state index is 11.3. The first-order valence-electron chi connectivity index (χ1n) is 9.01. The van der Waals surface area contributed by atoms with E-state index >= 15 is 0 Å². The lowest BCUT2D eigenvalue weighted by atomic mass is 10.1. The number of carboxylic acids is 1. The molecule has 0 saturated heterocycles. The number of hydrogen-bond acceptors (Lipinski definition) is 6. The van der Waals surface area contributed by atoms with Crippen LogP contribution in [0.2, 0.25) is 0 Å². The summed E-state index contributed by atoms with van der Waals surface area (Å²) >= 11 is 0. The SMILES string of the molecule is COc1ccc(-c2cnc3c(N[C@@H](C)C(=O)O)nc4ccccc4n23)cc1OC. The Balaban J connectivity index is 1.97. The number of fused-ring (bicyclic) bond motifs is 3. The van der Waals surface area contributed by atoms with E-state index in [0.717, 1.165) is 22.3 Å². The molecule has 8 nitrogen and oxygen atoms in total. The lowest BCUT2D eigenvalue weighted by molar-refractivity contribution is -0.137. The van der Waals surface area contributed by atoms with Crippen molar-refractivity contribution in [1.29, 1.82) is 0 Å². The highest BCUT2D eigenvalue weighted by atomic mass is 16.5. The van der Waals surface area contributed by atoms with Gasteiger partial charge in [-0.2, -0.15) is 0 Å². The van der Waals surface area contributed by atoms with E-state index in [9.17, 15) is 9.90 Å². The van der Waals surface area contributed by atoms with Crippen LogP contribution in [-0.4, -0.2) is 45.7 Å². The van der Waals surface area contributed by atoms with Crippen molar-refractivity contribution in [1.82, 2.24) is 14.4 Å². The van der Waals surface area contributed by atoms with Gasteiger partial charge in [0, 0.05) is 5.56 Å². The van der Waals surface area contributed by atoms with Crippen molar-refractivity contribution in [3.8, 4) is 22.8 Å². The number of benzene rings is 2. The summed E-state index contributed by atoms with van der Waals surface area (Å²) in [6.45, 7) is 1.56. The number of carboxylic acid groups (broad SMARTS) is 1. The number of nitrogens with zero attached hydrogens (tertiary/aromatic N) is 3. The van der Waals surface area contributed by atoms with Crippen molar-refractivity contribution in [2.24, 2.45) is 0 Å². The predicted molar refractivity (Wildman–Crippen MR) is 110 cm³/mol. The van der Waals surface area contributed by atoms with Gasteiger partial charge in [0.1, 0.15) is 6.04 Å². The summed E-state index contributed by atoms with van der Waals surface area (Å²) < 4.78 is 12.7. The van der Waals surface area contributed by atoms with E-state index in [-0.39, 0.29) is 0 Å². The number of ether oxygens (including phenoxy) is 2. The fourth-order valence-electron chi connectivity index (χ4n) is 3.24. The Kier molecular flexibility index (Phi) is 4.67. The van der Waals surface area contributed by atoms with Crippen molar-refractivity contribution in [3.05, 3.63) is 48.7 Å². The molecule has 8 heteroatoms. The molecule has 0 fully saturated rings. The summed E-state index contributed by atoms with van der Waals surface area (Å²) in [4.78, 5) is 20.4. The Labute approximate surface area is 166 Å². The van der Waals surface area contributed by atoms with Crippen molar-refractivity contribution >= 4 is 28.5 Å². The third-order valence-corrected chi connectivity index (χ3v) is 4.73. The number of anilines is 1. The Morgan fingerprint density at radius 1 is 1.14 bits per heavy atom. The van der Waals surface area contributed by atoms with Crippen LogP contribution < -0.4 is 14.8 Å². The number of aliphatic carboxylic acids is 1. The number of methoxy groups -OCH3 is 2. The first-order chi connectivity index (χ1) is 14.0. The van der Waals surface area contributed by atoms with Crippen LogP contribution >= 0.6 is 0 Å². The molecular formula is C21H20N4O4. The lowest BCUT2D eigenvalue weighted by Gasteiger charge is -2.14. The molecule has 148 valence electrons. The summed E-state index contributed by atoms with van der Waals surface area (Å²) in [7, 11) is 3.18. The average Bonchev–Trinajstić information content (AvgIpc) is 3.19. The third kappa shape index (κ3) is 3.18. The highest BCUT2D eigenvalue weighted by molar-refractivity contribution is 5.88. The van der Waals surface area contributed by atoms with Crippen LogP contribution in [-0.2, 0) is 4.79 Å². The minimum Gasteiger partial charge on any atom is -0.493 e. The predicted octanol–water partition coefficient (Wildman–Crippen LogP) is 3.45. The molecule has 0 aliphatic carbocycles. The van der Waals surface area contributed by atoms with Gasteiger partial charge in [-0.1, -0.05) is 12.1 Å². The van der Waals surface area contributed by atoms with Gasteiger partial charge in [0.15, 0.2) is 23.0 Å². The first-order valence-corrected chi connectivity index (χ1v) is 9.01. The number of imidazole rings is 1. The average molecular weight is 392 g/mol. The van der Waals surface area contributed by atoms with E-state index in [0.29, 0.717) is 23.0 Å². The highest BCUT2D eigenvalue weighted by Gasteiger charge is 2.19. The second-order valence-electron chi connectivity index (χ2n) is 6.53. The molecule has 0 saturated carbocycles. The smallest absolute Gasteiger partial charge is 0.325 e. The van der Waals surface area contributed by atoms with Crippen LogP contribution in [0.25, 0.3) is 27.9 Å². The number of carbonyl (C=O) groups is 1. The van der Waals surface area contributed by atoms with Gasteiger partial charge in [-0.3, -0.25) is 9.20 Å². The monoisotopic (exact) mass is 392 g/mol. The van der Waals surface area contributed by atoms with Crippen LogP contribution in [0.4, 0.5) is 5.82 Å². The molecule has 2 N–H and O–H groups in total. The molecule has 2 heterocycles. The number of nitrogens with one attached hydrogen (secondary N) is 1. The van der Waals surface area contributed by atoms with Crippen LogP contribution in [0.3, 0.4) is 0 Å². The van der Waals surface area contributed by atoms with Gasteiger partial charge in [0.05, 0.1) is 37.1 Å². The van der Waals surface area contributed by atoms with Crippen molar-refractivity contribution in [2.75, 3.05) is 19.5 Å². The zero-order chi connectivity index (χ0) is 20.5. The Morgan fingerprint density at radius 2 is 1.90 bits per heavy atom. The van der Waals surface area contributed by atoms with Crippen LogP contribution in [0.15, 0.2) is 48.7 Å². The number of rotatable bonds is 6. The van der Waals surface area contributed by atoms with Crippen LogP contribution in [0, 0.1) is 0 Å². The number of aromatic nitrogens is 3. The van der Waals surface area contributed by atoms with Crippen molar-refractivity contribution < 1.29 is 19.4 Å². The van der Waals surface area contributed by atoms with E-state index in [1.807, 2.05) is 46.9 Å². The molecule has 0 aliphatic heterocycles. The topological polar surface area (TPSA) is 98.0 Å². The van der Waals surface area contributed by atoms with Gasteiger partial charge in [-0.15, -0.1) is 0 Å². The van der Waals surface area contributed by atoms with E-state index in [1.54, 1.807) is 27.3 Å². The first kappa shape index (κ1) is 18.5. The van der Waals surface area contributed by atoms with Gasteiger partial charge in [0.25, 0.3) is 0 Å². The van der Waals surface area contributed by atoms with Gasteiger partial charge >= 0.3 is 5.97 Å². The number of para-hydroxylation sites is 2. The van der Waals surface area contributed by atoms with Gasteiger partial charge < -0.3 is 19.9 Å². The summed E-state index contributed by atoms with van der Waals surface area (Å²) in [5.41, 5.74) is 3.83. The molecular weight excluding hydrogens is 372 g/mol. The lowest BCUT2D eigenvalue weighted by Crippen LogP contribution is -2.26. The molecule has 2 aromatic heterocycles. The fraction of sp³-hybridized carbons (Fsp3) is 0.190. The van der Waals surface area contributed by atoms with Crippen molar-refractivity contribution in [2.45, 2.75) is 13.0 Å². The van der Waals surface area contributed by atoms with Crippen molar-refractivity contribution in [3.63, 3.8) is 0 Å². The molecule has 0 amide bonds. The zero-order valence-electron chi connectivity index (χ0n) is 16.2. The van der Waals surface area contributed by atoms with E-state index in [1.165, 1.54) is 0 Å². The molecule has 0 aliphatic rings. The number of hydrogen-bond donors (Lipinski definition) is 2. The highest BCUT2D eigenvalue weighted by Crippen LogP contribution is 2.34. The largest absolute Gasteiger partial charge is 0.493 e. The quantitative estimate of drug-likeness (QED) is 0.519. The minimum absolute atomic E-state index is 0.408. The van der Waals surface area contributed by atoms with Crippen LogP contribution in [0.5, 0.6) is 11.5 Å². The molecule has 4 aromatic rings. The molecule has 2 aromatic carbocycles. The molecule has 0 bridgehead atoms. The van der Waals surface area contributed by atoms with E-state index in [4.69, 9.17) is 9.47 Å². The Hall–Kier alpha value is -3.81. The molecule has 29 heavy (non-hydrogen) atoms. The summed E-state index contributed by atoms with van der Waals surface area (Å²) in [6, 6.07) is 12.5. The Bertz CT molecular complexity index is 1220. The van der Waals surface area contributed by atoms with Gasteiger partial charge in [0.2, 0.25) is 0 Å². The van der Waals surface area contributed by atoms with Gasteiger partial charge in [-0.05, 0) is 37.3 Å². The van der Waals surface area contributed by atoms with Gasteiger partial charge in [-0.25, -0.2) is 9.97 Å². The minimum atomic E-state index is -0.968. The van der Waals surface area contributed by atoms with E-state index < -0.39 is 12.0 Å². The summed E-state index contributed by atoms with van der Waals surface area (Å²) in [6.07, 6.45) is 1.74. The third-order valence-electron chi connectivity index (χ3n) is 4.73. The van der Waals surface area contributed by atoms with E-state index in [2.05, 4.69) is 15.3 Å². The maximum absolute atomic E-state index is 11.3.